The molecular formula is C13H23N3O4. The first kappa shape index (κ1) is 16.4. The van der Waals surface area contributed by atoms with E-state index in [1.165, 1.54) is 0 Å². The van der Waals surface area contributed by atoms with Gasteiger partial charge in [-0.2, -0.15) is 0 Å². The van der Waals surface area contributed by atoms with E-state index in [9.17, 15) is 14.4 Å². The number of carboxylic acid groups (broad SMARTS) is 1. The minimum Gasteiger partial charge on any atom is -0.481 e. The third-order valence-corrected chi connectivity index (χ3v) is 3.47. The Bertz CT molecular complexity index is 373. The lowest BCUT2D eigenvalue weighted by Crippen LogP contribution is -2.52. The molecule has 1 saturated heterocycles. The van der Waals surface area contributed by atoms with E-state index in [1.54, 1.807) is 0 Å². The first-order valence-corrected chi connectivity index (χ1v) is 6.89. The van der Waals surface area contributed by atoms with Crippen LogP contribution in [-0.4, -0.2) is 54.1 Å². The average molecular weight is 285 g/mol. The molecule has 2 atom stereocenters. The zero-order chi connectivity index (χ0) is 15.1. The highest BCUT2D eigenvalue weighted by atomic mass is 16.4. The van der Waals surface area contributed by atoms with Gasteiger partial charge in [-0.15, -0.1) is 0 Å². The first-order valence-electron chi connectivity index (χ1n) is 6.89. The van der Waals surface area contributed by atoms with Crippen LogP contribution in [0.5, 0.6) is 0 Å². The lowest BCUT2D eigenvalue weighted by Gasteiger charge is -2.35. The van der Waals surface area contributed by atoms with Crippen LogP contribution in [-0.2, 0) is 9.59 Å². The van der Waals surface area contributed by atoms with Gasteiger partial charge in [-0.05, 0) is 32.4 Å². The van der Waals surface area contributed by atoms with Crippen molar-refractivity contribution in [2.45, 2.75) is 38.6 Å². The number of carboxylic acids is 1. The maximum Gasteiger partial charge on any atom is 0.321 e. The normalized spacial score (nSPS) is 23.1. The van der Waals surface area contributed by atoms with E-state index in [0.717, 1.165) is 19.5 Å². The van der Waals surface area contributed by atoms with E-state index in [2.05, 4.69) is 22.5 Å². The fourth-order valence-electron chi connectivity index (χ4n) is 2.36. The van der Waals surface area contributed by atoms with E-state index < -0.39 is 17.9 Å². The Morgan fingerprint density at radius 2 is 2.00 bits per heavy atom. The third-order valence-electron chi connectivity index (χ3n) is 3.47. The number of amides is 3. The number of carbonyl (C=O) groups is 3. The van der Waals surface area contributed by atoms with Crippen LogP contribution in [0.2, 0.25) is 0 Å². The summed E-state index contributed by atoms with van der Waals surface area (Å²) in [6.45, 7) is 3.90. The van der Waals surface area contributed by atoms with E-state index >= 15 is 0 Å². The van der Waals surface area contributed by atoms with Crippen LogP contribution in [0.15, 0.2) is 0 Å². The number of nitrogens with zero attached hydrogens (tertiary/aromatic N) is 1. The second-order valence-electron chi connectivity index (χ2n) is 5.40. The Labute approximate surface area is 118 Å². The van der Waals surface area contributed by atoms with E-state index in [1.807, 2.05) is 7.05 Å². The lowest BCUT2D eigenvalue weighted by molar-refractivity contribution is -0.137. The summed E-state index contributed by atoms with van der Waals surface area (Å²) in [5.41, 5.74) is 0. The predicted octanol–water partition coefficient (Wildman–Crippen LogP) is 0.407. The predicted molar refractivity (Wildman–Crippen MR) is 73.2 cm³/mol. The Balaban J connectivity index is 2.25. The Hall–Kier alpha value is -1.63. The van der Waals surface area contributed by atoms with Crippen molar-refractivity contribution in [1.29, 1.82) is 0 Å². The molecule has 7 heteroatoms. The van der Waals surface area contributed by atoms with E-state index in [-0.39, 0.29) is 25.3 Å². The molecule has 3 N–H and O–H groups in total. The summed E-state index contributed by atoms with van der Waals surface area (Å²) >= 11 is 0. The maximum atomic E-state index is 11.7. The number of rotatable bonds is 5. The van der Waals surface area contributed by atoms with Gasteiger partial charge in [0.2, 0.25) is 5.91 Å². The molecule has 0 aromatic carbocycles. The molecule has 1 rings (SSSR count). The van der Waals surface area contributed by atoms with Gasteiger partial charge in [-0.25, -0.2) is 4.79 Å². The molecule has 0 saturated carbocycles. The number of hydrogen-bond donors (Lipinski definition) is 3. The molecule has 0 radical (unpaired) electrons. The summed E-state index contributed by atoms with van der Waals surface area (Å²) in [5, 5.41) is 13.5. The van der Waals surface area contributed by atoms with Crippen molar-refractivity contribution in [2.24, 2.45) is 5.92 Å². The molecule has 20 heavy (non-hydrogen) atoms. The van der Waals surface area contributed by atoms with Gasteiger partial charge >= 0.3 is 12.0 Å². The fraction of sp³-hybridized carbons (Fsp3) is 0.769. The van der Waals surface area contributed by atoms with Crippen LogP contribution in [0.25, 0.3) is 0 Å². The number of carbonyl (C=O) groups excluding carboxylic acids is 2. The van der Waals surface area contributed by atoms with Gasteiger partial charge in [-0.3, -0.25) is 14.9 Å². The molecule has 0 bridgehead atoms. The van der Waals surface area contributed by atoms with Gasteiger partial charge in [0.1, 0.15) is 0 Å². The molecule has 0 aliphatic carbocycles. The van der Waals surface area contributed by atoms with Crippen molar-refractivity contribution in [2.75, 3.05) is 20.1 Å². The van der Waals surface area contributed by atoms with E-state index in [4.69, 9.17) is 5.11 Å². The van der Waals surface area contributed by atoms with Gasteiger partial charge in [0.05, 0.1) is 0 Å². The highest BCUT2D eigenvalue weighted by Gasteiger charge is 2.25. The van der Waals surface area contributed by atoms with Crippen LogP contribution in [0, 0.1) is 5.92 Å². The maximum absolute atomic E-state index is 11.7. The second kappa shape index (κ2) is 7.84. The average Bonchev–Trinajstić information content (AvgIpc) is 2.32. The molecule has 0 aromatic rings. The van der Waals surface area contributed by atoms with Gasteiger partial charge < -0.3 is 15.3 Å². The molecular weight excluding hydrogens is 262 g/mol. The third kappa shape index (κ3) is 6.01. The van der Waals surface area contributed by atoms with Gasteiger partial charge in [-0.1, -0.05) is 6.92 Å². The van der Waals surface area contributed by atoms with Crippen LogP contribution in [0.4, 0.5) is 4.79 Å². The lowest BCUT2D eigenvalue weighted by atomic mass is 9.94. The molecule has 1 aliphatic heterocycles. The second-order valence-corrected chi connectivity index (χ2v) is 5.40. The Morgan fingerprint density at radius 1 is 1.30 bits per heavy atom. The minimum absolute atomic E-state index is 0.0443. The van der Waals surface area contributed by atoms with Crippen molar-refractivity contribution in [3.05, 3.63) is 0 Å². The minimum atomic E-state index is -0.942. The number of urea groups is 1. The zero-order valence-corrected chi connectivity index (χ0v) is 12.0. The Morgan fingerprint density at radius 3 is 2.60 bits per heavy atom. The smallest absolute Gasteiger partial charge is 0.321 e. The van der Waals surface area contributed by atoms with Gasteiger partial charge in [0.15, 0.2) is 0 Å². The summed E-state index contributed by atoms with van der Waals surface area (Å²) in [6.07, 6.45) is 1.07. The van der Waals surface area contributed by atoms with Crippen LogP contribution >= 0.6 is 0 Å². The molecule has 7 nitrogen and oxygen atoms in total. The monoisotopic (exact) mass is 285 g/mol. The summed E-state index contributed by atoms with van der Waals surface area (Å²) in [5.74, 6) is -1.05. The summed E-state index contributed by atoms with van der Waals surface area (Å²) < 4.78 is 0. The molecule has 2 unspecified atom stereocenters. The molecule has 0 spiro atoms. The molecule has 1 fully saturated rings. The summed E-state index contributed by atoms with van der Waals surface area (Å²) in [7, 11) is 2.04. The number of piperidine rings is 1. The van der Waals surface area contributed by atoms with Gasteiger partial charge in [0, 0.05) is 25.4 Å². The fourth-order valence-corrected chi connectivity index (χ4v) is 2.36. The first-order chi connectivity index (χ1) is 9.38. The van der Waals surface area contributed by atoms with Crippen molar-refractivity contribution in [1.82, 2.24) is 15.5 Å². The molecule has 3 amide bonds. The number of likely N-dealkylation sites (tertiary alicyclic amines) is 1. The van der Waals surface area contributed by atoms with Crippen LogP contribution in [0.3, 0.4) is 0 Å². The van der Waals surface area contributed by atoms with Crippen molar-refractivity contribution in [3.63, 3.8) is 0 Å². The topological polar surface area (TPSA) is 98.7 Å². The number of hydrogen-bond acceptors (Lipinski definition) is 4. The van der Waals surface area contributed by atoms with Crippen LogP contribution < -0.4 is 10.6 Å². The van der Waals surface area contributed by atoms with Gasteiger partial charge in [0.25, 0.3) is 0 Å². The highest BCUT2D eigenvalue weighted by Crippen LogP contribution is 2.15. The Kier molecular flexibility index (Phi) is 6.44. The zero-order valence-electron chi connectivity index (χ0n) is 12.0. The molecule has 1 aliphatic rings. The quantitative estimate of drug-likeness (QED) is 0.679. The summed E-state index contributed by atoms with van der Waals surface area (Å²) in [6, 6.07) is -0.426. The summed E-state index contributed by atoms with van der Waals surface area (Å²) in [4.78, 5) is 35.6. The van der Waals surface area contributed by atoms with Crippen molar-refractivity contribution < 1.29 is 19.5 Å². The van der Waals surface area contributed by atoms with Crippen molar-refractivity contribution in [3.8, 4) is 0 Å². The number of nitrogens with one attached hydrogen (secondary N) is 2. The van der Waals surface area contributed by atoms with Crippen molar-refractivity contribution >= 4 is 17.9 Å². The standard InChI is InChI=1S/C13H23N3O4/c1-9-8-16(2)7-6-10(9)14-13(20)15-11(17)4-3-5-12(18)19/h9-10H,3-8H2,1-2H3,(H,18,19)(H2,14,15,17,20). The largest absolute Gasteiger partial charge is 0.481 e. The number of imide groups is 1. The molecule has 1 heterocycles. The van der Waals surface area contributed by atoms with Crippen LogP contribution in [0.1, 0.15) is 32.6 Å². The molecule has 114 valence electrons. The highest BCUT2D eigenvalue weighted by molar-refractivity contribution is 5.94. The molecule has 0 aromatic heterocycles. The number of aliphatic carboxylic acids is 1. The van der Waals surface area contributed by atoms with E-state index in [0.29, 0.717) is 5.92 Å². The SMILES string of the molecule is CC1CN(C)CCC1NC(=O)NC(=O)CCCC(=O)O.